The van der Waals surface area contributed by atoms with Gasteiger partial charge in [-0.3, -0.25) is 9.59 Å². The number of amides is 2. The fourth-order valence-corrected chi connectivity index (χ4v) is 4.33. The predicted molar refractivity (Wildman–Crippen MR) is 112 cm³/mol. The second-order valence-corrected chi connectivity index (χ2v) is 9.17. The van der Waals surface area contributed by atoms with E-state index in [1.165, 1.54) is 11.1 Å². The topological polar surface area (TPSA) is 61.4 Å². The highest BCUT2D eigenvalue weighted by Gasteiger charge is 2.30. The van der Waals surface area contributed by atoms with Gasteiger partial charge in [0, 0.05) is 26.1 Å². The van der Waals surface area contributed by atoms with Gasteiger partial charge in [0.05, 0.1) is 6.04 Å². The lowest BCUT2D eigenvalue weighted by Gasteiger charge is -2.35. The van der Waals surface area contributed by atoms with E-state index in [1.54, 1.807) is 0 Å². The molecule has 2 unspecified atom stereocenters. The zero-order chi connectivity index (χ0) is 20.1. The minimum atomic E-state index is -0.180. The number of benzene rings is 1. The van der Waals surface area contributed by atoms with Crippen molar-refractivity contribution in [3.63, 3.8) is 0 Å². The van der Waals surface area contributed by atoms with Gasteiger partial charge in [-0.15, -0.1) is 0 Å². The second-order valence-electron chi connectivity index (χ2n) is 9.17. The molecule has 0 aliphatic carbocycles. The summed E-state index contributed by atoms with van der Waals surface area (Å²) in [5.41, 5.74) is 2.26. The van der Waals surface area contributed by atoms with Crippen molar-refractivity contribution in [1.29, 1.82) is 0 Å². The van der Waals surface area contributed by atoms with Crippen molar-refractivity contribution in [2.75, 3.05) is 26.2 Å². The Morgan fingerprint density at radius 2 is 1.93 bits per heavy atom. The third-order valence-electron chi connectivity index (χ3n) is 6.24. The molecular formula is C23H35N3O2. The van der Waals surface area contributed by atoms with Gasteiger partial charge < -0.3 is 15.5 Å². The van der Waals surface area contributed by atoms with E-state index in [4.69, 9.17) is 0 Å². The van der Waals surface area contributed by atoms with Crippen molar-refractivity contribution in [1.82, 2.24) is 15.5 Å². The lowest BCUT2D eigenvalue weighted by Crippen LogP contribution is -2.47. The number of nitrogens with one attached hydrogen (secondary N) is 2. The molecule has 1 aromatic carbocycles. The molecule has 0 bridgehead atoms. The molecule has 0 aromatic heterocycles. The minimum Gasteiger partial charge on any atom is -0.354 e. The van der Waals surface area contributed by atoms with Crippen molar-refractivity contribution >= 4 is 11.8 Å². The van der Waals surface area contributed by atoms with E-state index in [0.717, 1.165) is 45.3 Å². The molecule has 2 fully saturated rings. The van der Waals surface area contributed by atoms with Gasteiger partial charge >= 0.3 is 0 Å². The Kier molecular flexibility index (Phi) is 6.76. The zero-order valence-electron chi connectivity index (χ0n) is 17.6. The van der Waals surface area contributed by atoms with Gasteiger partial charge in [-0.1, -0.05) is 43.7 Å². The Hall–Kier alpha value is -1.88. The summed E-state index contributed by atoms with van der Waals surface area (Å²) >= 11 is 0. The number of rotatable bonds is 6. The molecule has 28 heavy (non-hydrogen) atoms. The number of carbonyl (C=O) groups is 2. The average molecular weight is 386 g/mol. The first kappa shape index (κ1) is 20.8. The number of likely N-dealkylation sites (tertiary alicyclic amines) is 1. The average Bonchev–Trinajstić information content (AvgIpc) is 3.21. The maximum atomic E-state index is 13.0. The van der Waals surface area contributed by atoms with Gasteiger partial charge in [0.15, 0.2) is 0 Å². The summed E-state index contributed by atoms with van der Waals surface area (Å²) in [5, 5.41) is 6.33. The molecule has 2 aliphatic rings. The van der Waals surface area contributed by atoms with Crippen molar-refractivity contribution in [3.8, 4) is 0 Å². The van der Waals surface area contributed by atoms with Gasteiger partial charge in [-0.2, -0.15) is 0 Å². The second kappa shape index (κ2) is 9.08. The molecule has 2 amide bonds. The van der Waals surface area contributed by atoms with E-state index < -0.39 is 0 Å². The summed E-state index contributed by atoms with van der Waals surface area (Å²) in [6.45, 7) is 9.55. The molecule has 0 saturated carbocycles. The van der Waals surface area contributed by atoms with Crippen molar-refractivity contribution in [2.45, 2.75) is 64.3 Å². The summed E-state index contributed by atoms with van der Waals surface area (Å²) in [5.74, 6) is 0.686. The number of aryl methyl sites for hydroxylation is 1. The predicted octanol–water partition coefficient (Wildman–Crippen LogP) is 2.77. The zero-order valence-corrected chi connectivity index (χ0v) is 17.6. The number of nitrogens with zero attached hydrogens (tertiary/aromatic N) is 1. The standard InChI is InChI=1S/C23H35N3O2/c1-17-8-10-19(11-9-17)23(2,3)14-21(27)26-13-5-6-18(16-26)15-25-22(28)20-7-4-12-24-20/h8-11,18,20,24H,4-7,12-16H2,1-3H3,(H,25,28). The summed E-state index contributed by atoms with van der Waals surface area (Å²) in [6.07, 6.45) is 4.60. The molecule has 0 spiro atoms. The van der Waals surface area contributed by atoms with Crippen molar-refractivity contribution in [3.05, 3.63) is 35.4 Å². The third-order valence-corrected chi connectivity index (χ3v) is 6.24. The molecule has 5 heteroatoms. The normalized spacial score (nSPS) is 22.9. The molecule has 154 valence electrons. The molecule has 2 saturated heterocycles. The molecule has 1 aromatic rings. The number of hydrogen-bond donors (Lipinski definition) is 2. The third kappa shape index (κ3) is 5.34. The van der Waals surface area contributed by atoms with Crippen molar-refractivity contribution in [2.24, 2.45) is 5.92 Å². The molecule has 2 heterocycles. The summed E-state index contributed by atoms with van der Waals surface area (Å²) < 4.78 is 0. The van der Waals surface area contributed by atoms with Crippen LogP contribution in [0, 0.1) is 12.8 Å². The fourth-order valence-electron chi connectivity index (χ4n) is 4.33. The Bertz CT molecular complexity index is 678. The van der Waals surface area contributed by atoms with Crippen LogP contribution >= 0.6 is 0 Å². The van der Waals surface area contributed by atoms with Crippen LogP contribution in [0.25, 0.3) is 0 Å². The van der Waals surface area contributed by atoms with E-state index in [9.17, 15) is 9.59 Å². The number of hydrogen-bond acceptors (Lipinski definition) is 3. The monoisotopic (exact) mass is 385 g/mol. The van der Waals surface area contributed by atoms with E-state index in [1.807, 2.05) is 4.90 Å². The lowest BCUT2D eigenvalue weighted by molar-refractivity contribution is -0.134. The Morgan fingerprint density at radius 3 is 2.61 bits per heavy atom. The Balaban J connectivity index is 1.50. The molecular weight excluding hydrogens is 350 g/mol. The molecule has 2 N–H and O–H groups in total. The van der Waals surface area contributed by atoms with Crippen LogP contribution in [0.15, 0.2) is 24.3 Å². The Labute approximate surface area is 169 Å². The van der Waals surface area contributed by atoms with E-state index >= 15 is 0 Å². The van der Waals surface area contributed by atoms with Gasteiger partial charge in [-0.25, -0.2) is 0 Å². The van der Waals surface area contributed by atoms with Crippen LogP contribution in [0.2, 0.25) is 0 Å². The smallest absolute Gasteiger partial charge is 0.237 e. The highest BCUT2D eigenvalue weighted by Crippen LogP contribution is 2.29. The number of carbonyl (C=O) groups excluding carboxylic acids is 2. The van der Waals surface area contributed by atoms with Crippen LogP contribution in [-0.2, 0) is 15.0 Å². The lowest BCUT2D eigenvalue weighted by atomic mass is 9.80. The quantitative estimate of drug-likeness (QED) is 0.792. The summed E-state index contributed by atoms with van der Waals surface area (Å²) in [4.78, 5) is 27.2. The highest BCUT2D eigenvalue weighted by atomic mass is 16.2. The summed E-state index contributed by atoms with van der Waals surface area (Å²) in [7, 11) is 0. The molecule has 2 aliphatic heterocycles. The fraction of sp³-hybridized carbons (Fsp3) is 0.652. The highest BCUT2D eigenvalue weighted by molar-refractivity contribution is 5.82. The van der Waals surface area contributed by atoms with Crippen molar-refractivity contribution < 1.29 is 9.59 Å². The molecule has 2 atom stereocenters. The minimum absolute atomic E-state index is 0.0309. The van der Waals surface area contributed by atoms with Crippen LogP contribution in [-0.4, -0.2) is 48.9 Å². The first-order valence-corrected chi connectivity index (χ1v) is 10.7. The SMILES string of the molecule is Cc1ccc(C(C)(C)CC(=O)N2CCCC(CNC(=O)C3CCCN3)C2)cc1. The van der Waals surface area contributed by atoms with Gasteiger partial charge in [-0.05, 0) is 56.0 Å². The van der Waals surface area contributed by atoms with Crippen LogP contribution < -0.4 is 10.6 Å². The van der Waals surface area contributed by atoms with Gasteiger partial charge in [0.1, 0.15) is 0 Å². The summed E-state index contributed by atoms with van der Waals surface area (Å²) in [6, 6.07) is 8.46. The van der Waals surface area contributed by atoms with Gasteiger partial charge in [0.2, 0.25) is 11.8 Å². The van der Waals surface area contributed by atoms with E-state index in [2.05, 4.69) is 55.7 Å². The molecule has 5 nitrogen and oxygen atoms in total. The maximum absolute atomic E-state index is 13.0. The molecule has 3 rings (SSSR count). The van der Waals surface area contributed by atoms with Gasteiger partial charge in [0.25, 0.3) is 0 Å². The van der Waals surface area contributed by atoms with Crippen LogP contribution in [0.3, 0.4) is 0 Å². The van der Waals surface area contributed by atoms with Crippen LogP contribution in [0.5, 0.6) is 0 Å². The van der Waals surface area contributed by atoms with Crippen LogP contribution in [0.1, 0.15) is 57.1 Å². The van der Waals surface area contributed by atoms with Crippen LogP contribution in [0.4, 0.5) is 0 Å². The maximum Gasteiger partial charge on any atom is 0.237 e. The van der Waals surface area contributed by atoms with E-state index in [-0.39, 0.29) is 23.3 Å². The molecule has 0 radical (unpaired) electrons. The largest absolute Gasteiger partial charge is 0.354 e. The number of piperidine rings is 1. The Morgan fingerprint density at radius 1 is 1.18 bits per heavy atom. The first-order valence-electron chi connectivity index (χ1n) is 10.7. The van der Waals surface area contributed by atoms with E-state index in [0.29, 0.717) is 18.9 Å². The first-order chi connectivity index (χ1) is 13.3.